The first-order valence-corrected chi connectivity index (χ1v) is 6.95. The van der Waals surface area contributed by atoms with Crippen molar-refractivity contribution in [2.75, 3.05) is 13.7 Å². The lowest BCUT2D eigenvalue weighted by atomic mass is 10.1. The first-order valence-electron chi connectivity index (χ1n) is 6.95. The van der Waals surface area contributed by atoms with Crippen LogP contribution >= 0.6 is 0 Å². The van der Waals surface area contributed by atoms with E-state index in [1.807, 2.05) is 43.3 Å². The van der Waals surface area contributed by atoms with Crippen LogP contribution < -0.4 is 0 Å². The van der Waals surface area contributed by atoms with Gasteiger partial charge in [-0.2, -0.15) is 0 Å². The average Bonchev–Trinajstić information content (AvgIpc) is 2.86. The number of phenolic OH excluding ortho intramolecular Hbond substituents is 1. The first-order chi connectivity index (χ1) is 10.2. The molecule has 0 unspecified atom stereocenters. The Morgan fingerprint density at radius 3 is 2.81 bits per heavy atom. The number of aromatic nitrogens is 2. The third kappa shape index (κ3) is 2.50. The van der Waals surface area contributed by atoms with Gasteiger partial charge in [-0.05, 0) is 31.2 Å². The van der Waals surface area contributed by atoms with E-state index in [4.69, 9.17) is 4.74 Å². The largest absolute Gasteiger partial charge is 0.507 e. The summed E-state index contributed by atoms with van der Waals surface area (Å²) in [7, 11) is 1.68. The number of methoxy groups -OCH3 is 1. The number of phenols is 1. The van der Waals surface area contributed by atoms with Gasteiger partial charge in [0.2, 0.25) is 0 Å². The lowest BCUT2D eigenvalue weighted by Gasteiger charge is -2.10. The minimum atomic E-state index is 0.245. The van der Waals surface area contributed by atoms with E-state index in [1.165, 1.54) is 0 Å². The van der Waals surface area contributed by atoms with Crippen molar-refractivity contribution in [3.63, 3.8) is 0 Å². The zero-order valence-electron chi connectivity index (χ0n) is 12.2. The zero-order chi connectivity index (χ0) is 14.8. The summed E-state index contributed by atoms with van der Waals surface area (Å²) in [5.74, 6) is 1.02. The van der Waals surface area contributed by atoms with E-state index in [1.54, 1.807) is 13.2 Å². The maximum absolute atomic E-state index is 10.2. The predicted octanol–water partition coefficient (Wildman–Crippen LogP) is 3.36. The topological polar surface area (TPSA) is 47.3 Å². The number of nitrogens with zero attached hydrogens (tertiary/aromatic N) is 2. The molecular formula is C17H18N2O2. The van der Waals surface area contributed by atoms with Crippen molar-refractivity contribution in [2.24, 2.45) is 0 Å². The molecule has 0 fully saturated rings. The van der Waals surface area contributed by atoms with Gasteiger partial charge in [-0.3, -0.25) is 0 Å². The molecule has 2 aromatic carbocycles. The Morgan fingerprint density at radius 2 is 2.00 bits per heavy atom. The SMILES string of the molecule is COCCn1c(-c2cc(C)ccc2O)nc2ccccc21. The highest BCUT2D eigenvalue weighted by Gasteiger charge is 2.15. The van der Waals surface area contributed by atoms with Crippen LogP contribution in [0.3, 0.4) is 0 Å². The van der Waals surface area contributed by atoms with Crippen molar-refractivity contribution in [1.82, 2.24) is 9.55 Å². The van der Waals surface area contributed by atoms with Gasteiger partial charge in [0.1, 0.15) is 11.6 Å². The third-order valence-corrected chi connectivity index (χ3v) is 3.57. The van der Waals surface area contributed by atoms with Gasteiger partial charge in [-0.25, -0.2) is 4.98 Å². The molecular weight excluding hydrogens is 264 g/mol. The minimum Gasteiger partial charge on any atom is -0.507 e. The Kier molecular flexibility index (Phi) is 3.62. The predicted molar refractivity (Wildman–Crippen MR) is 83.4 cm³/mol. The van der Waals surface area contributed by atoms with E-state index in [2.05, 4.69) is 9.55 Å². The summed E-state index contributed by atoms with van der Waals surface area (Å²) in [6.45, 7) is 3.30. The summed E-state index contributed by atoms with van der Waals surface area (Å²) in [5.41, 5.74) is 3.81. The van der Waals surface area contributed by atoms with E-state index in [9.17, 15) is 5.11 Å². The maximum atomic E-state index is 10.2. The smallest absolute Gasteiger partial charge is 0.144 e. The van der Waals surface area contributed by atoms with Gasteiger partial charge >= 0.3 is 0 Å². The molecule has 1 heterocycles. The molecule has 0 atom stereocenters. The fourth-order valence-corrected chi connectivity index (χ4v) is 2.52. The molecule has 0 radical (unpaired) electrons. The van der Waals surface area contributed by atoms with Crippen LogP contribution in [0.4, 0.5) is 0 Å². The molecule has 4 heteroatoms. The number of benzene rings is 2. The lowest BCUT2D eigenvalue weighted by Crippen LogP contribution is -2.06. The Morgan fingerprint density at radius 1 is 1.19 bits per heavy atom. The van der Waals surface area contributed by atoms with Crippen LogP contribution in [0.5, 0.6) is 5.75 Å². The third-order valence-electron chi connectivity index (χ3n) is 3.57. The van der Waals surface area contributed by atoms with Crippen LogP contribution in [0.2, 0.25) is 0 Å². The van der Waals surface area contributed by atoms with Crippen molar-refractivity contribution < 1.29 is 9.84 Å². The normalized spacial score (nSPS) is 11.1. The van der Waals surface area contributed by atoms with Gasteiger partial charge in [0.15, 0.2) is 0 Å². The molecule has 0 spiro atoms. The van der Waals surface area contributed by atoms with E-state index < -0.39 is 0 Å². The summed E-state index contributed by atoms with van der Waals surface area (Å²) >= 11 is 0. The van der Waals surface area contributed by atoms with Crippen LogP contribution in [0, 0.1) is 6.92 Å². The van der Waals surface area contributed by atoms with Gasteiger partial charge < -0.3 is 14.4 Å². The number of fused-ring (bicyclic) bond motifs is 1. The highest BCUT2D eigenvalue weighted by Crippen LogP contribution is 2.31. The monoisotopic (exact) mass is 282 g/mol. The van der Waals surface area contributed by atoms with E-state index in [0.717, 1.165) is 28.0 Å². The lowest BCUT2D eigenvalue weighted by molar-refractivity contribution is 0.188. The molecule has 1 aromatic heterocycles. The molecule has 0 aliphatic carbocycles. The second-order valence-electron chi connectivity index (χ2n) is 5.09. The highest BCUT2D eigenvalue weighted by atomic mass is 16.5. The summed E-state index contributed by atoms with van der Waals surface area (Å²) < 4.78 is 7.29. The molecule has 3 rings (SSSR count). The van der Waals surface area contributed by atoms with Gasteiger partial charge in [0.25, 0.3) is 0 Å². The van der Waals surface area contributed by atoms with Crippen LogP contribution in [-0.4, -0.2) is 28.4 Å². The molecule has 21 heavy (non-hydrogen) atoms. The van der Waals surface area contributed by atoms with Gasteiger partial charge in [0.05, 0.1) is 23.2 Å². The van der Waals surface area contributed by atoms with Crippen molar-refractivity contribution in [3.8, 4) is 17.1 Å². The first kappa shape index (κ1) is 13.6. The van der Waals surface area contributed by atoms with Gasteiger partial charge in [0, 0.05) is 13.7 Å². The number of para-hydroxylation sites is 2. The fourth-order valence-electron chi connectivity index (χ4n) is 2.52. The summed E-state index contributed by atoms with van der Waals surface area (Å²) in [6.07, 6.45) is 0. The molecule has 0 aliphatic heterocycles. The fraction of sp³-hybridized carbons (Fsp3) is 0.235. The summed E-state index contributed by atoms with van der Waals surface area (Å²) in [6, 6.07) is 13.5. The molecule has 4 nitrogen and oxygen atoms in total. The second kappa shape index (κ2) is 5.58. The molecule has 0 aliphatic rings. The molecule has 0 bridgehead atoms. The highest BCUT2D eigenvalue weighted by molar-refractivity contribution is 5.82. The van der Waals surface area contributed by atoms with Crippen molar-refractivity contribution >= 4 is 11.0 Å². The number of rotatable bonds is 4. The average molecular weight is 282 g/mol. The molecule has 0 amide bonds. The molecule has 3 aromatic rings. The second-order valence-corrected chi connectivity index (χ2v) is 5.09. The van der Waals surface area contributed by atoms with Crippen molar-refractivity contribution in [1.29, 1.82) is 0 Å². The van der Waals surface area contributed by atoms with Gasteiger partial charge in [-0.1, -0.05) is 23.8 Å². The molecule has 0 saturated heterocycles. The quantitative estimate of drug-likeness (QED) is 0.798. The minimum absolute atomic E-state index is 0.245. The molecule has 0 saturated carbocycles. The van der Waals surface area contributed by atoms with Crippen LogP contribution in [0.1, 0.15) is 5.56 Å². The number of imidazole rings is 1. The standard InChI is InChI=1S/C17H18N2O2/c1-12-7-8-16(20)13(11-12)17-18-14-5-3-4-6-15(14)19(17)9-10-21-2/h3-8,11,20H,9-10H2,1-2H3. The number of ether oxygens (including phenoxy) is 1. The maximum Gasteiger partial charge on any atom is 0.144 e. The number of aryl methyl sites for hydroxylation is 1. The zero-order valence-corrected chi connectivity index (χ0v) is 12.2. The number of aromatic hydroxyl groups is 1. The molecule has 108 valence electrons. The van der Waals surface area contributed by atoms with Crippen LogP contribution in [-0.2, 0) is 11.3 Å². The summed E-state index contributed by atoms with van der Waals surface area (Å²) in [5, 5.41) is 10.2. The van der Waals surface area contributed by atoms with Crippen molar-refractivity contribution in [3.05, 3.63) is 48.0 Å². The van der Waals surface area contributed by atoms with Crippen LogP contribution in [0.15, 0.2) is 42.5 Å². The van der Waals surface area contributed by atoms with E-state index in [-0.39, 0.29) is 5.75 Å². The Bertz CT molecular complexity index is 778. The molecule has 1 N–H and O–H groups in total. The van der Waals surface area contributed by atoms with Gasteiger partial charge in [-0.15, -0.1) is 0 Å². The number of hydrogen-bond donors (Lipinski definition) is 1. The Hall–Kier alpha value is -2.33. The Labute approximate surface area is 123 Å². The summed E-state index contributed by atoms with van der Waals surface area (Å²) in [4.78, 5) is 4.69. The Balaban J connectivity index is 2.23. The van der Waals surface area contributed by atoms with E-state index >= 15 is 0 Å². The van der Waals surface area contributed by atoms with Crippen molar-refractivity contribution in [2.45, 2.75) is 13.5 Å². The van der Waals surface area contributed by atoms with Crippen LogP contribution in [0.25, 0.3) is 22.4 Å². The van der Waals surface area contributed by atoms with E-state index in [0.29, 0.717) is 13.2 Å². The number of hydrogen-bond acceptors (Lipinski definition) is 3.